The minimum absolute atomic E-state index is 0.178. The van der Waals surface area contributed by atoms with Crippen molar-refractivity contribution in [3.63, 3.8) is 0 Å². The van der Waals surface area contributed by atoms with Crippen molar-refractivity contribution >= 4 is 28.2 Å². The first-order valence-electron chi connectivity index (χ1n) is 6.03. The van der Waals surface area contributed by atoms with Crippen LogP contribution in [0.4, 0.5) is 0 Å². The number of furan rings is 1. The van der Waals surface area contributed by atoms with Gasteiger partial charge in [-0.25, -0.2) is 0 Å². The fourth-order valence-electron chi connectivity index (χ4n) is 1.92. The van der Waals surface area contributed by atoms with Gasteiger partial charge < -0.3 is 9.73 Å². The van der Waals surface area contributed by atoms with Crippen molar-refractivity contribution in [3.8, 4) is 0 Å². The lowest BCUT2D eigenvalue weighted by atomic mass is 10.2. The number of carbonyl (C=O) groups excluding carboxylic acids is 1. The maximum Gasteiger partial charge on any atom is 0.287 e. The monoisotopic (exact) mass is 271 g/mol. The van der Waals surface area contributed by atoms with Gasteiger partial charge in [-0.1, -0.05) is 18.2 Å². The zero-order valence-corrected chi connectivity index (χ0v) is 11.3. The van der Waals surface area contributed by atoms with E-state index in [-0.39, 0.29) is 5.91 Å². The molecule has 0 bridgehead atoms. The second-order valence-corrected chi connectivity index (χ2v) is 5.45. The van der Waals surface area contributed by atoms with Crippen LogP contribution >= 0.6 is 11.3 Å². The van der Waals surface area contributed by atoms with Crippen molar-refractivity contribution < 1.29 is 9.21 Å². The summed E-state index contributed by atoms with van der Waals surface area (Å²) in [5.41, 5.74) is 1.87. The first kappa shape index (κ1) is 12.0. The minimum Gasteiger partial charge on any atom is -0.451 e. The second-order valence-electron chi connectivity index (χ2n) is 4.41. The molecule has 0 aliphatic carbocycles. The molecule has 96 valence electrons. The van der Waals surface area contributed by atoms with Crippen molar-refractivity contribution in [2.75, 3.05) is 0 Å². The summed E-state index contributed by atoms with van der Waals surface area (Å²) in [7, 11) is 0. The van der Waals surface area contributed by atoms with E-state index in [1.807, 2.05) is 42.6 Å². The highest BCUT2D eigenvalue weighted by Gasteiger charge is 2.12. The van der Waals surface area contributed by atoms with Gasteiger partial charge in [0.15, 0.2) is 5.76 Å². The van der Waals surface area contributed by atoms with Crippen LogP contribution in [0.1, 0.15) is 21.0 Å². The van der Waals surface area contributed by atoms with Crippen molar-refractivity contribution in [3.05, 3.63) is 58.0 Å². The SMILES string of the molecule is Cc1ccc2cc(C(=O)NCc3cccs3)oc2c1. The molecule has 0 spiro atoms. The lowest BCUT2D eigenvalue weighted by Gasteiger charge is -1.99. The topological polar surface area (TPSA) is 42.2 Å². The maximum absolute atomic E-state index is 12.0. The van der Waals surface area contributed by atoms with E-state index in [0.717, 1.165) is 21.4 Å². The summed E-state index contributed by atoms with van der Waals surface area (Å²) in [4.78, 5) is 13.1. The number of rotatable bonds is 3. The van der Waals surface area contributed by atoms with Crippen molar-refractivity contribution in [1.29, 1.82) is 0 Å². The van der Waals surface area contributed by atoms with Crippen LogP contribution in [0.15, 0.2) is 46.2 Å². The van der Waals surface area contributed by atoms with E-state index in [1.54, 1.807) is 17.4 Å². The van der Waals surface area contributed by atoms with Crippen molar-refractivity contribution in [1.82, 2.24) is 5.32 Å². The highest BCUT2D eigenvalue weighted by Crippen LogP contribution is 2.20. The van der Waals surface area contributed by atoms with Crippen LogP contribution in [0.25, 0.3) is 11.0 Å². The molecule has 0 saturated heterocycles. The molecule has 3 aromatic rings. The summed E-state index contributed by atoms with van der Waals surface area (Å²) >= 11 is 1.62. The van der Waals surface area contributed by atoms with E-state index in [9.17, 15) is 4.79 Å². The quantitative estimate of drug-likeness (QED) is 0.788. The van der Waals surface area contributed by atoms with Crippen LogP contribution in [0.2, 0.25) is 0 Å². The largest absolute Gasteiger partial charge is 0.451 e. The van der Waals surface area contributed by atoms with Crippen LogP contribution < -0.4 is 5.32 Å². The molecule has 0 unspecified atom stereocenters. The van der Waals surface area contributed by atoms with Crippen LogP contribution in [0.3, 0.4) is 0 Å². The Kier molecular flexibility index (Phi) is 3.09. The van der Waals surface area contributed by atoms with Crippen molar-refractivity contribution in [2.45, 2.75) is 13.5 Å². The minimum atomic E-state index is -0.178. The van der Waals surface area contributed by atoms with E-state index in [0.29, 0.717) is 12.3 Å². The third-order valence-corrected chi connectivity index (χ3v) is 3.78. The third kappa shape index (κ3) is 2.53. The number of hydrogen-bond acceptors (Lipinski definition) is 3. The molecule has 3 nitrogen and oxygen atoms in total. The highest BCUT2D eigenvalue weighted by atomic mass is 32.1. The Bertz CT molecular complexity index is 713. The fraction of sp³-hybridized carbons (Fsp3) is 0.133. The lowest BCUT2D eigenvalue weighted by Crippen LogP contribution is -2.21. The molecule has 1 aromatic carbocycles. The summed E-state index contributed by atoms with van der Waals surface area (Å²) in [6.07, 6.45) is 0. The van der Waals surface area contributed by atoms with Crippen molar-refractivity contribution in [2.24, 2.45) is 0 Å². The summed E-state index contributed by atoms with van der Waals surface area (Å²) in [5.74, 6) is 0.180. The molecule has 0 aliphatic rings. The van der Waals surface area contributed by atoms with Crippen LogP contribution in [0, 0.1) is 6.92 Å². The van der Waals surface area contributed by atoms with E-state index in [2.05, 4.69) is 5.32 Å². The third-order valence-electron chi connectivity index (χ3n) is 2.90. The Morgan fingerprint density at radius 2 is 2.21 bits per heavy atom. The number of benzene rings is 1. The average Bonchev–Trinajstić information content (AvgIpc) is 3.04. The van der Waals surface area contributed by atoms with Gasteiger partial charge in [0, 0.05) is 10.3 Å². The van der Waals surface area contributed by atoms with Gasteiger partial charge in [0.05, 0.1) is 6.54 Å². The van der Waals surface area contributed by atoms with E-state index in [1.165, 1.54) is 0 Å². The average molecular weight is 271 g/mol. The second kappa shape index (κ2) is 4.90. The Balaban J connectivity index is 1.77. The molecule has 3 rings (SSSR count). The molecular weight excluding hydrogens is 258 g/mol. The van der Waals surface area contributed by atoms with Gasteiger partial charge in [0.2, 0.25) is 0 Å². The normalized spacial score (nSPS) is 10.8. The zero-order valence-electron chi connectivity index (χ0n) is 10.5. The Morgan fingerprint density at radius 3 is 3.00 bits per heavy atom. The highest BCUT2D eigenvalue weighted by molar-refractivity contribution is 7.09. The number of nitrogens with one attached hydrogen (secondary N) is 1. The summed E-state index contributed by atoms with van der Waals surface area (Å²) in [6.45, 7) is 2.53. The van der Waals surface area contributed by atoms with E-state index in [4.69, 9.17) is 4.42 Å². The standard InChI is InChI=1S/C15H13NO2S/c1-10-4-5-11-8-14(18-13(11)7-10)15(17)16-9-12-3-2-6-19-12/h2-8H,9H2,1H3,(H,16,17). The molecular formula is C15H13NO2S. The van der Waals surface area contributed by atoms with Gasteiger partial charge in [0.25, 0.3) is 5.91 Å². The Labute approximate surface area is 114 Å². The van der Waals surface area contributed by atoms with Gasteiger partial charge >= 0.3 is 0 Å². The molecule has 0 radical (unpaired) electrons. The number of aryl methyl sites for hydroxylation is 1. The lowest BCUT2D eigenvalue weighted by molar-refractivity contribution is 0.0925. The molecule has 0 aliphatic heterocycles. The molecule has 19 heavy (non-hydrogen) atoms. The summed E-state index contributed by atoms with van der Waals surface area (Å²) in [5, 5.41) is 5.80. The summed E-state index contributed by atoms with van der Waals surface area (Å²) < 4.78 is 5.57. The van der Waals surface area contributed by atoms with Crippen LogP contribution in [-0.4, -0.2) is 5.91 Å². The number of carbonyl (C=O) groups is 1. The van der Waals surface area contributed by atoms with Gasteiger partial charge in [0.1, 0.15) is 5.58 Å². The molecule has 0 saturated carbocycles. The van der Waals surface area contributed by atoms with E-state index < -0.39 is 0 Å². The first-order chi connectivity index (χ1) is 9.22. The molecule has 4 heteroatoms. The first-order valence-corrected chi connectivity index (χ1v) is 6.91. The molecule has 0 fully saturated rings. The van der Waals surface area contributed by atoms with Gasteiger partial charge in [-0.15, -0.1) is 11.3 Å². The van der Waals surface area contributed by atoms with Gasteiger partial charge in [-0.2, -0.15) is 0 Å². The van der Waals surface area contributed by atoms with Crippen LogP contribution in [-0.2, 0) is 6.54 Å². The molecule has 2 heterocycles. The predicted octanol–water partition coefficient (Wildman–Crippen LogP) is 3.73. The van der Waals surface area contributed by atoms with E-state index >= 15 is 0 Å². The van der Waals surface area contributed by atoms with Crippen LogP contribution in [0.5, 0.6) is 0 Å². The van der Waals surface area contributed by atoms with Gasteiger partial charge in [-0.3, -0.25) is 4.79 Å². The Morgan fingerprint density at radius 1 is 1.32 bits per heavy atom. The smallest absolute Gasteiger partial charge is 0.287 e. The maximum atomic E-state index is 12.0. The number of fused-ring (bicyclic) bond motifs is 1. The molecule has 2 aromatic heterocycles. The number of amides is 1. The number of thiophene rings is 1. The fourth-order valence-corrected chi connectivity index (χ4v) is 2.56. The summed E-state index contributed by atoms with van der Waals surface area (Å²) in [6, 6.07) is 11.6. The molecule has 0 atom stereocenters. The number of hydrogen-bond donors (Lipinski definition) is 1. The van der Waals surface area contributed by atoms with Gasteiger partial charge in [-0.05, 0) is 36.1 Å². The predicted molar refractivity (Wildman–Crippen MR) is 76.4 cm³/mol. The molecule has 1 amide bonds. The zero-order chi connectivity index (χ0) is 13.2. The Hall–Kier alpha value is -2.07. The molecule has 1 N–H and O–H groups in total.